The second-order valence-electron chi connectivity index (χ2n) is 10.7. The smallest absolute Gasteiger partial charge is 0.124 e. The van der Waals surface area contributed by atoms with Gasteiger partial charge in [0.2, 0.25) is 0 Å². The predicted molar refractivity (Wildman–Crippen MR) is 159 cm³/mol. The van der Waals surface area contributed by atoms with Gasteiger partial charge in [0, 0.05) is 23.6 Å². The standard InChI is InChI=1S/C34H32N2O2/c1-33(2,35-21-29-27-14-7-5-10-23(27)16-18-31(29)37)25-12-9-13-26(20-25)34(3,4)36-22-30-28-15-8-6-11-24(28)17-19-32(30)38/h5-22,37-38H,1-4H3. The molecule has 0 radical (unpaired) electrons. The van der Waals surface area contributed by atoms with Gasteiger partial charge in [0.05, 0.1) is 11.1 Å². The van der Waals surface area contributed by atoms with Crippen LogP contribution in [0, 0.1) is 0 Å². The lowest BCUT2D eigenvalue weighted by molar-refractivity contribution is 0.474. The van der Waals surface area contributed by atoms with Gasteiger partial charge in [-0.3, -0.25) is 9.98 Å². The first kappa shape index (κ1) is 25.2. The number of hydrogen-bond acceptors (Lipinski definition) is 4. The lowest BCUT2D eigenvalue weighted by Gasteiger charge is -2.25. The van der Waals surface area contributed by atoms with Crippen LogP contribution in [0.2, 0.25) is 0 Å². The van der Waals surface area contributed by atoms with Gasteiger partial charge >= 0.3 is 0 Å². The molecule has 38 heavy (non-hydrogen) atoms. The second-order valence-corrected chi connectivity index (χ2v) is 10.7. The minimum absolute atomic E-state index is 0.212. The summed E-state index contributed by atoms with van der Waals surface area (Å²) in [7, 11) is 0. The highest BCUT2D eigenvalue weighted by Gasteiger charge is 2.24. The lowest BCUT2D eigenvalue weighted by atomic mass is 9.88. The van der Waals surface area contributed by atoms with Crippen molar-refractivity contribution in [1.29, 1.82) is 0 Å². The molecular weight excluding hydrogens is 468 g/mol. The van der Waals surface area contributed by atoms with Gasteiger partial charge in [-0.2, -0.15) is 0 Å². The van der Waals surface area contributed by atoms with Gasteiger partial charge in [-0.25, -0.2) is 0 Å². The topological polar surface area (TPSA) is 65.2 Å². The van der Waals surface area contributed by atoms with Gasteiger partial charge in [-0.1, -0.05) is 84.9 Å². The normalized spacial score (nSPS) is 12.7. The molecule has 190 valence electrons. The fourth-order valence-corrected chi connectivity index (χ4v) is 4.72. The summed E-state index contributed by atoms with van der Waals surface area (Å²) < 4.78 is 0. The average Bonchev–Trinajstić information content (AvgIpc) is 2.92. The van der Waals surface area contributed by atoms with Crippen LogP contribution in [0.4, 0.5) is 0 Å². The van der Waals surface area contributed by atoms with E-state index in [1.807, 2.05) is 66.7 Å². The van der Waals surface area contributed by atoms with E-state index in [-0.39, 0.29) is 11.5 Å². The summed E-state index contributed by atoms with van der Waals surface area (Å²) >= 11 is 0. The summed E-state index contributed by atoms with van der Waals surface area (Å²) in [6, 6.07) is 31.5. The van der Waals surface area contributed by atoms with Crippen molar-refractivity contribution in [3.05, 3.63) is 119 Å². The zero-order valence-electron chi connectivity index (χ0n) is 22.2. The predicted octanol–water partition coefficient (Wildman–Crippen LogP) is 8.11. The molecule has 4 nitrogen and oxygen atoms in total. The molecular formula is C34H32N2O2. The average molecular weight is 501 g/mol. The Morgan fingerprint density at radius 2 is 0.947 bits per heavy atom. The maximum atomic E-state index is 10.5. The number of nitrogens with zero attached hydrogens (tertiary/aromatic N) is 2. The molecule has 2 N–H and O–H groups in total. The van der Waals surface area contributed by atoms with Crippen molar-refractivity contribution < 1.29 is 10.2 Å². The second kappa shape index (κ2) is 9.79. The van der Waals surface area contributed by atoms with Crippen LogP contribution >= 0.6 is 0 Å². The first-order chi connectivity index (χ1) is 18.2. The van der Waals surface area contributed by atoms with Crippen molar-refractivity contribution in [2.24, 2.45) is 9.98 Å². The summed E-state index contributed by atoms with van der Waals surface area (Å²) in [5.74, 6) is 0.424. The van der Waals surface area contributed by atoms with Crippen LogP contribution in [0.3, 0.4) is 0 Å². The van der Waals surface area contributed by atoms with Crippen LogP contribution in [-0.2, 0) is 11.1 Å². The van der Waals surface area contributed by atoms with E-state index in [0.717, 1.165) is 32.7 Å². The summed E-state index contributed by atoms with van der Waals surface area (Å²) in [4.78, 5) is 9.83. The van der Waals surface area contributed by atoms with Crippen LogP contribution < -0.4 is 0 Å². The molecule has 0 saturated heterocycles. The molecule has 0 atom stereocenters. The fraction of sp³-hybridized carbons (Fsp3) is 0.176. The monoisotopic (exact) mass is 500 g/mol. The van der Waals surface area contributed by atoms with Crippen LogP contribution in [0.5, 0.6) is 11.5 Å². The van der Waals surface area contributed by atoms with E-state index in [2.05, 4.69) is 45.9 Å². The number of aromatic hydroxyl groups is 2. The van der Waals surface area contributed by atoms with Gasteiger partial charge in [0.25, 0.3) is 0 Å². The lowest BCUT2D eigenvalue weighted by Crippen LogP contribution is -2.18. The van der Waals surface area contributed by atoms with E-state index in [1.165, 1.54) is 0 Å². The maximum Gasteiger partial charge on any atom is 0.124 e. The Kier molecular flexibility index (Phi) is 6.50. The molecule has 0 amide bonds. The van der Waals surface area contributed by atoms with E-state index in [4.69, 9.17) is 9.98 Å². The number of rotatable bonds is 6. The summed E-state index contributed by atoms with van der Waals surface area (Å²) in [6.45, 7) is 8.26. The van der Waals surface area contributed by atoms with Crippen molar-refractivity contribution in [2.75, 3.05) is 0 Å². The Hall–Kier alpha value is -4.44. The molecule has 0 spiro atoms. The molecule has 0 saturated carbocycles. The number of phenolic OH excluding ortho intramolecular Hbond substituents is 2. The summed E-state index contributed by atoms with van der Waals surface area (Å²) in [5.41, 5.74) is 2.45. The van der Waals surface area contributed by atoms with Gasteiger partial charge in [-0.05, 0) is 72.5 Å². The zero-order chi connectivity index (χ0) is 26.9. The van der Waals surface area contributed by atoms with Gasteiger partial charge in [-0.15, -0.1) is 0 Å². The molecule has 5 aromatic carbocycles. The highest BCUT2D eigenvalue weighted by atomic mass is 16.3. The van der Waals surface area contributed by atoms with E-state index in [9.17, 15) is 10.2 Å². The van der Waals surface area contributed by atoms with Gasteiger partial charge in [0.15, 0.2) is 0 Å². The molecule has 0 fully saturated rings. The number of benzene rings is 5. The first-order valence-electron chi connectivity index (χ1n) is 12.8. The highest BCUT2D eigenvalue weighted by molar-refractivity contribution is 6.03. The van der Waals surface area contributed by atoms with Crippen LogP contribution in [-0.4, -0.2) is 22.6 Å². The third kappa shape index (κ3) is 4.90. The molecule has 5 aromatic rings. The number of fused-ring (bicyclic) bond motifs is 2. The third-order valence-corrected chi connectivity index (χ3v) is 7.20. The molecule has 0 aliphatic carbocycles. The van der Waals surface area contributed by atoms with Crippen molar-refractivity contribution in [3.63, 3.8) is 0 Å². The number of aliphatic imine (C=N–C) groups is 2. The fourth-order valence-electron chi connectivity index (χ4n) is 4.72. The summed E-state index contributed by atoms with van der Waals surface area (Å²) in [6.07, 6.45) is 3.55. The molecule has 0 bridgehead atoms. The number of hydrogen-bond donors (Lipinski definition) is 2. The molecule has 4 heteroatoms. The molecule has 0 aromatic heterocycles. The largest absolute Gasteiger partial charge is 0.507 e. The van der Waals surface area contributed by atoms with Crippen LogP contribution in [0.15, 0.2) is 107 Å². The van der Waals surface area contributed by atoms with E-state index >= 15 is 0 Å². The van der Waals surface area contributed by atoms with E-state index in [1.54, 1.807) is 24.6 Å². The quantitative estimate of drug-likeness (QED) is 0.231. The Labute approximate surface area is 223 Å². The Balaban J connectivity index is 1.46. The SMILES string of the molecule is CC(C)(N=Cc1c(O)ccc2ccccc12)c1cccc(C(C)(C)N=Cc2c(O)ccc3ccccc23)c1. The minimum Gasteiger partial charge on any atom is -0.507 e. The van der Waals surface area contributed by atoms with Crippen molar-refractivity contribution >= 4 is 34.0 Å². The molecule has 0 unspecified atom stereocenters. The number of phenols is 2. The Morgan fingerprint density at radius 1 is 0.526 bits per heavy atom. The van der Waals surface area contributed by atoms with Crippen molar-refractivity contribution in [2.45, 2.75) is 38.8 Å². The summed E-state index contributed by atoms with van der Waals surface area (Å²) in [5, 5.41) is 25.1. The van der Waals surface area contributed by atoms with Gasteiger partial charge in [0.1, 0.15) is 11.5 Å². The van der Waals surface area contributed by atoms with Gasteiger partial charge < -0.3 is 10.2 Å². The highest BCUT2D eigenvalue weighted by Crippen LogP contribution is 2.33. The molecule has 0 heterocycles. The molecule has 0 aliphatic rings. The van der Waals surface area contributed by atoms with Crippen molar-refractivity contribution in [3.8, 4) is 11.5 Å². The zero-order valence-corrected chi connectivity index (χ0v) is 22.2. The van der Waals surface area contributed by atoms with E-state index < -0.39 is 11.1 Å². The van der Waals surface area contributed by atoms with E-state index in [0.29, 0.717) is 11.1 Å². The third-order valence-electron chi connectivity index (χ3n) is 7.20. The van der Waals surface area contributed by atoms with Crippen molar-refractivity contribution in [1.82, 2.24) is 0 Å². The Morgan fingerprint density at radius 3 is 1.39 bits per heavy atom. The van der Waals surface area contributed by atoms with Crippen LogP contribution in [0.25, 0.3) is 21.5 Å². The maximum absolute atomic E-state index is 10.5. The first-order valence-corrected chi connectivity index (χ1v) is 12.8. The molecule has 0 aliphatic heterocycles. The molecule has 5 rings (SSSR count). The minimum atomic E-state index is -0.535. The van der Waals surface area contributed by atoms with Crippen LogP contribution in [0.1, 0.15) is 49.9 Å². The Bertz CT molecular complexity index is 1570.